The van der Waals surface area contributed by atoms with Crippen LogP contribution in [0.25, 0.3) is 22.3 Å². The lowest BCUT2D eigenvalue weighted by atomic mass is 9.66. The van der Waals surface area contributed by atoms with E-state index in [4.69, 9.17) is 5.73 Å². The summed E-state index contributed by atoms with van der Waals surface area (Å²) in [4.78, 5) is 0. The number of anilines is 1. The van der Waals surface area contributed by atoms with E-state index >= 15 is 0 Å². The van der Waals surface area contributed by atoms with Gasteiger partial charge in [0.1, 0.15) is 0 Å². The van der Waals surface area contributed by atoms with Crippen molar-refractivity contribution in [1.82, 2.24) is 0 Å². The van der Waals surface area contributed by atoms with E-state index in [9.17, 15) is 0 Å². The number of fused-ring (bicyclic) bond motifs is 3. The summed E-state index contributed by atoms with van der Waals surface area (Å²) in [6, 6.07) is 43.6. The molecular weight excluding hydrogens is 398 g/mol. The lowest BCUT2D eigenvalue weighted by molar-refractivity contribution is 0.770. The van der Waals surface area contributed by atoms with Crippen molar-refractivity contribution in [3.05, 3.63) is 149 Å². The molecule has 158 valence electrons. The first-order chi connectivity index (χ1) is 16.2. The lowest BCUT2D eigenvalue weighted by Crippen LogP contribution is -2.29. The number of aryl methyl sites for hydroxylation is 1. The highest BCUT2D eigenvalue weighted by Gasteiger charge is 2.47. The highest BCUT2D eigenvalue weighted by Crippen LogP contribution is 2.59. The Morgan fingerprint density at radius 1 is 0.545 bits per heavy atom. The van der Waals surface area contributed by atoms with Crippen molar-refractivity contribution < 1.29 is 0 Å². The molecule has 0 fully saturated rings. The first-order valence-electron chi connectivity index (χ1n) is 11.4. The molecule has 0 bridgehead atoms. The minimum atomic E-state index is -0.454. The fourth-order valence-electron chi connectivity index (χ4n) is 5.59. The maximum atomic E-state index is 6.78. The third-order valence-electron chi connectivity index (χ3n) is 6.99. The predicted molar refractivity (Wildman–Crippen MR) is 138 cm³/mol. The number of hydrogen-bond acceptors (Lipinski definition) is 1. The van der Waals surface area contributed by atoms with Crippen LogP contribution in [0.5, 0.6) is 0 Å². The molecule has 5 aromatic carbocycles. The zero-order chi connectivity index (χ0) is 22.4. The Kier molecular flexibility index (Phi) is 4.45. The standard InChI is InChI=1S/C32H25N/c1-22-16-18-23(19-17-22)30-29(33)21-20-27-26-14-8-9-15-28(26)32(31(27)30,24-10-4-2-5-11-24)25-12-6-3-7-13-25/h2-21H,33H2,1H3. The Bertz CT molecular complexity index is 1410. The van der Waals surface area contributed by atoms with Crippen molar-refractivity contribution in [2.75, 3.05) is 5.73 Å². The summed E-state index contributed by atoms with van der Waals surface area (Å²) in [6.07, 6.45) is 0. The lowest BCUT2D eigenvalue weighted by Gasteiger charge is -2.35. The molecule has 6 rings (SSSR count). The van der Waals surface area contributed by atoms with Crippen molar-refractivity contribution >= 4 is 5.69 Å². The van der Waals surface area contributed by atoms with Gasteiger partial charge in [0, 0.05) is 11.3 Å². The topological polar surface area (TPSA) is 26.0 Å². The Morgan fingerprint density at radius 3 is 1.76 bits per heavy atom. The van der Waals surface area contributed by atoms with Gasteiger partial charge in [0.05, 0.1) is 5.41 Å². The van der Waals surface area contributed by atoms with E-state index < -0.39 is 5.41 Å². The predicted octanol–water partition coefficient (Wildman–Crippen LogP) is 7.61. The average molecular weight is 424 g/mol. The van der Waals surface area contributed by atoms with E-state index in [0.717, 1.165) is 16.8 Å². The van der Waals surface area contributed by atoms with Crippen LogP contribution >= 0.6 is 0 Å². The van der Waals surface area contributed by atoms with Crippen molar-refractivity contribution in [2.24, 2.45) is 0 Å². The maximum absolute atomic E-state index is 6.78. The molecule has 2 N–H and O–H groups in total. The van der Waals surface area contributed by atoms with Crippen LogP contribution in [0.1, 0.15) is 27.8 Å². The highest BCUT2D eigenvalue weighted by atomic mass is 14.6. The second-order valence-electron chi connectivity index (χ2n) is 8.85. The summed E-state index contributed by atoms with van der Waals surface area (Å²) in [5, 5.41) is 0. The molecular formula is C32H25N. The van der Waals surface area contributed by atoms with Crippen molar-refractivity contribution in [1.29, 1.82) is 0 Å². The molecule has 1 heteroatoms. The van der Waals surface area contributed by atoms with E-state index in [1.54, 1.807) is 0 Å². The van der Waals surface area contributed by atoms with Crippen LogP contribution in [-0.4, -0.2) is 0 Å². The van der Waals surface area contributed by atoms with Crippen molar-refractivity contribution in [2.45, 2.75) is 12.3 Å². The molecule has 0 saturated carbocycles. The summed E-state index contributed by atoms with van der Waals surface area (Å²) in [5.74, 6) is 0. The maximum Gasteiger partial charge on any atom is 0.0720 e. The Morgan fingerprint density at radius 2 is 1.12 bits per heavy atom. The molecule has 0 spiro atoms. The van der Waals surface area contributed by atoms with E-state index in [-0.39, 0.29) is 0 Å². The van der Waals surface area contributed by atoms with Gasteiger partial charge in [-0.25, -0.2) is 0 Å². The van der Waals surface area contributed by atoms with Crippen LogP contribution < -0.4 is 5.73 Å². The van der Waals surface area contributed by atoms with Crippen LogP contribution in [0.2, 0.25) is 0 Å². The average Bonchev–Trinajstić information content (AvgIpc) is 3.17. The molecule has 0 radical (unpaired) electrons. The van der Waals surface area contributed by atoms with Gasteiger partial charge in [-0.3, -0.25) is 0 Å². The van der Waals surface area contributed by atoms with Crippen LogP contribution in [0, 0.1) is 6.92 Å². The van der Waals surface area contributed by atoms with Gasteiger partial charge in [-0.15, -0.1) is 0 Å². The Hall–Kier alpha value is -4.10. The molecule has 0 saturated heterocycles. The Labute approximate surface area is 195 Å². The van der Waals surface area contributed by atoms with E-state index in [1.165, 1.54) is 38.9 Å². The third kappa shape index (κ3) is 2.79. The zero-order valence-electron chi connectivity index (χ0n) is 18.6. The zero-order valence-corrected chi connectivity index (χ0v) is 18.6. The SMILES string of the molecule is Cc1ccc(-c2c(N)ccc3c2C(c2ccccc2)(c2ccccc2)c2ccccc2-3)cc1. The van der Waals surface area contributed by atoms with Crippen LogP contribution in [0.15, 0.2) is 121 Å². The molecule has 0 aromatic heterocycles. The first-order valence-corrected chi connectivity index (χ1v) is 11.4. The number of hydrogen-bond donors (Lipinski definition) is 1. The number of rotatable bonds is 3. The molecule has 1 nitrogen and oxygen atoms in total. The molecule has 33 heavy (non-hydrogen) atoms. The summed E-state index contributed by atoms with van der Waals surface area (Å²) in [5.41, 5.74) is 18.2. The molecule has 0 amide bonds. The van der Waals surface area contributed by atoms with Gasteiger partial charge in [-0.05, 0) is 51.9 Å². The number of benzene rings is 5. The van der Waals surface area contributed by atoms with Gasteiger partial charge >= 0.3 is 0 Å². The summed E-state index contributed by atoms with van der Waals surface area (Å²) in [7, 11) is 0. The molecule has 5 aromatic rings. The van der Waals surface area contributed by atoms with Crippen LogP contribution in [-0.2, 0) is 5.41 Å². The van der Waals surface area contributed by atoms with Gasteiger partial charge in [0.2, 0.25) is 0 Å². The molecule has 1 aliphatic carbocycles. The summed E-state index contributed by atoms with van der Waals surface area (Å²) < 4.78 is 0. The smallest absolute Gasteiger partial charge is 0.0720 e. The minimum Gasteiger partial charge on any atom is -0.398 e. The molecule has 0 aliphatic heterocycles. The highest BCUT2D eigenvalue weighted by molar-refractivity contribution is 5.96. The normalized spacial score (nSPS) is 13.4. The minimum absolute atomic E-state index is 0.454. The van der Waals surface area contributed by atoms with Gasteiger partial charge < -0.3 is 5.73 Å². The number of nitrogen functional groups attached to an aromatic ring is 1. The molecule has 0 atom stereocenters. The van der Waals surface area contributed by atoms with Gasteiger partial charge in [0.25, 0.3) is 0 Å². The van der Waals surface area contributed by atoms with Crippen molar-refractivity contribution in [3.63, 3.8) is 0 Å². The van der Waals surface area contributed by atoms with Gasteiger partial charge in [-0.2, -0.15) is 0 Å². The van der Waals surface area contributed by atoms with E-state index in [0.29, 0.717) is 0 Å². The fraction of sp³-hybridized carbons (Fsp3) is 0.0625. The monoisotopic (exact) mass is 423 g/mol. The quantitative estimate of drug-likeness (QED) is 0.291. The molecule has 0 unspecified atom stereocenters. The summed E-state index contributed by atoms with van der Waals surface area (Å²) in [6.45, 7) is 2.12. The van der Waals surface area contributed by atoms with E-state index in [1.807, 2.05) is 0 Å². The first kappa shape index (κ1) is 19.6. The van der Waals surface area contributed by atoms with Crippen LogP contribution in [0.4, 0.5) is 5.69 Å². The van der Waals surface area contributed by atoms with Crippen LogP contribution in [0.3, 0.4) is 0 Å². The second kappa shape index (κ2) is 7.50. The second-order valence-corrected chi connectivity index (χ2v) is 8.85. The van der Waals surface area contributed by atoms with Gasteiger partial charge in [0.15, 0.2) is 0 Å². The largest absolute Gasteiger partial charge is 0.398 e. The fourth-order valence-corrected chi connectivity index (χ4v) is 5.59. The Balaban J connectivity index is 1.83. The third-order valence-corrected chi connectivity index (χ3v) is 6.99. The van der Waals surface area contributed by atoms with E-state index in [2.05, 4.69) is 128 Å². The number of nitrogens with two attached hydrogens (primary N) is 1. The summed E-state index contributed by atoms with van der Waals surface area (Å²) >= 11 is 0. The molecule has 1 aliphatic rings. The van der Waals surface area contributed by atoms with Gasteiger partial charge in [-0.1, -0.05) is 121 Å². The molecule has 0 heterocycles. The van der Waals surface area contributed by atoms with Crippen molar-refractivity contribution in [3.8, 4) is 22.3 Å².